The normalized spacial score (nSPS) is 15.0. The lowest BCUT2D eigenvalue weighted by Gasteiger charge is -2.22. The molecule has 3 rings (SSSR count). The highest BCUT2D eigenvalue weighted by Crippen LogP contribution is 2.41. The van der Waals surface area contributed by atoms with Crippen LogP contribution in [0.2, 0.25) is 0 Å². The first-order valence-electron chi connectivity index (χ1n) is 11.7. The average Bonchev–Trinajstić information content (AvgIpc) is 3.27. The molecule has 0 saturated carbocycles. The number of carbonyl (C=O) groups is 3. The number of fused-ring (bicyclic) bond motifs is 1. The van der Waals surface area contributed by atoms with Gasteiger partial charge in [-0.1, -0.05) is 18.2 Å². The van der Waals surface area contributed by atoms with Gasteiger partial charge >= 0.3 is 23.7 Å². The van der Waals surface area contributed by atoms with Crippen LogP contribution in [0.25, 0.3) is 0 Å². The first kappa shape index (κ1) is 27.0. The Hall–Kier alpha value is -3.63. The Bertz CT molecular complexity index is 1080. The quantitative estimate of drug-likeness (QED) is 0.269. The van der Waals surface area contributed by atoms with Gasteiger partial charge in [-0.2, -0.15) is 0 Å². The van der Waals surface area contributed by atoms with E-state index in [2.05, 4.69) is 5.32 Å². The third-order valence-corrected chi connectivity index (χ3v) is 5.50. The van der Waals surface area contributed by atoms with Crippen molar-refractivity contribution in [3.8, 4) is 11.5 Å². The number of aliphatic hydroxyl groups excluding tert-OH is 1. The van der Waals surface area contributed by atoms with E-state index in [-0.39, 0.29) is 37.3 Å². The highest BCUT2D eigenvalue weighted by atomic mass is 16.8. The predicted molar refractivity (Wildman–Crippen MR) is 128 cm³/mol. The van der Waals surface area contributed by atoms with Crippen molar-refractivity contribution in [1.29, 1.82) is 0 Å². The van der Waals surface area contributed by atoms with Crippen LogP contribution < -0.4 is 14.8 Å². The Balaban J connectivity index is 1.64. The summed E-state index contributed by atoms with van der Waals surface area (Å²) in [6.45, 7) is 5.50. The second-order valence-electron chi connectivity index (χ2n) is 8.19. The summed E-state index contributed by atoms with van der Waals surface area (Å²) in [5.74, 6) is -4.33. The van der Waals surface area contributed by atoms with E-state index in [1.807, 2.05) is 6.92 Å². The van der Waals surface area contributed by atoms with Crippen molar-refractivity contribution in [2.75, 3.05) is 26.9 Å². The van der Waals surface area contributed by atoms with Crippen molar-refractivity contribution in [2.24, 2.45) is 0 Å². The van der Waals surface area contributed by atoms with Crippen LogP contribution in [0, 0.1) is 0 Å². The Morgan fingerprint density at radius 1 is 1.00 bits per heavy atom. The maximum atomic E-state index is 12.5. The largest absolute Gasteiger partial charge is 0.465 e. The maximum absolute atomic E-state index is 12.5. The molecule has 1 aliphatic heterocycles. The van der Waals surface area contributed by atoms with Crippen LogP contribution in [0.15, 0.2) is 42.5 Å². The summed E-state index contributed by atoms with van der Waals surface area (Å²) in [5, 5.41) is 13.8. The highest BCUT2D eigenvalue weighted by Gasteiger charge is 2.59. The molecular weight excluding hydrogens is 470 g/mol. The Morgan fingerprint density at radius 2 is 1.67 bits per heavy atom. The zero-order valence-electron chi connectivity index (χ0n) is 20.7. The molecule has 0 fully saturated rings. The fraction of sp³-hybridized carbons (Fsp3) is 0.423. The van der Waals surface area contributed by atoms with Crippen molar-refractivity contribution < 1.29 is 43.2 Å². The van der Waals surface area contributed by atoms with Gasteiger partial charge in [0, 0.05) is 12.6 Å². The number of carbonyl (C=O) groups excluding carboxylic acids is 3. The lowest BCUT2D eigenvalue weighted by atomic mass is 10.0. The van der Waals surface area contributed by atoms with E-state index in [9.17, 15) is 19.5 Å². The van der Waals surface area contributed by atoms with Gasteiger partial charge in [0.1, 0.15) is 0 Å². The summed E-state index contributed by atoms with van der Waals surface area (Å²) in [6, 6.07) is 11.7. The number of rotatable bonds is 11. The summed E-state index contributed by atoms with van der Waals surface area (Å²) < 4.78 is 26.0. The molecule has 36 heavy (non-hydrogen) atoms. The molecule has 10 heteroatoms. The van der Waals surface area contributed by atoms with Gasteiger partial charge in [-0.15, -0.1) is 0 Å². The Morgan fingerprint density at radius 3 is 2.31 bits per heavy atom. The van der Waals surface area contributed by atoms with Crippen molar-refractivity contribution in [3.63, 3.8) is 0 Å². The number of nitrogens with one attached hydrogen (secondary N) is 1. The summed E-state index contributed by atoms with van der Waals surface area (Å²) in [4.78, 5) is 36.8. The van der Waals surface area contributed by atoms with Crippen LogP contribution in [-0.4, -0.2) is 61.7 Å². The van der Waals surface area contributed by atoms with Crippen LogP contribution in [-0.2, 0) is 30.2 Å². The molecule has 194 valence electrons. The second kappa shape index (κ2) is 11.9. The van der Waals surface area contributed by atoms with Gasteiger partial charge in [0.2, 0.25) is 0 Å². The molecule has 1 heterocycles. The van der Waals surface area contributed by atoms with Crippen molar-refractivity contribution in [2.45, 2.75) is 45.1 Å². The van der Waals surface area contributed by atoms with Gasteiger partial charge in [-0.3, -0.25) is 0 Å². The molecule has 0 radical (unpaired) electrons. The monoisotopic (exact) mass is 501 g/mol. The number of esters is 3. The molecule has 0 bridgehead atoms. The fourth-order valence-electron chi connectivity index (χ4n) is 3.72. The van der Waals surface area contributed by atoms with Gasteiger partial charge in [0.15, 0.2) is 11.5 Å². The molecule has 10 nitrogen and oxygen atoms in total. The molecule has 2 atom stereocenters. The van der Waals surface area contributed by atoms with Crippen LogP contribution in [0.4, 0.5) is 0 Å². The van der Waals surface area contributed by atoms with Crippen molar-refractivity contribution >= 4 is 17.9 Å². The van der Waals surface area contributed by atoms with Crippen LogP contribution in [0.3, 0.4) is 0 Å². The predicted octanol–water partition coefficient (Wildman–Crippen LogP) is 2.32. The van der Waals surface area contributed by atoms with Crippen molar-refractivity contribution in [3.05, 3.63) is 59.2 Å². The van der Waals surface area contributed by atoms with Gasteiger partial charge in [0.25, 0.3) is 0 Å². The first-order valence-corrected chi connectivity index (χ1v) is 11.7. The first-order chi connectivity index (χ1) is 17.2. The fourth-order valence-corrected chi connectivity index (χ4v) is 3.72. The summed E-state index contributed by atoms with van der Waals surface area (Å²) in [5.41, 5.74) is 1.81. The zero-order chi connectivity index (χ0) is 26.3. The maximum Gasteiger partial charge on any atom is 0.453 e. The minimum Gasteiger partial charge on any atom is -0.465 e. The summed E-state index contributed by atoms with van der Waals surface area (Å²) >= 11 is 0. The molecule has 2 unspecified atom stereocenters. The smallest absolute Gasteiger partial charge is 0.453 e. The Kier molecular flexibility index (Phi) is 8.89. The molecule has 0 aliphatic carbocycles. The van der Waals surface area contributed by atoms with E-state index in [0.29, 0.717) is 17.5 Å². The number of methoxy groups -OCH3 is 1. The summed E-state index contributed by atoms with van der Waals surface area (Å²) in [7, 11) is 1.30. The molecule has 0 saturated heterocycles. The molecule has 2 N–H and O–H groups in total. The zero-order valence-corrected chi connectivity index (χ0v) is 20.7. The Labute approximate surface area is 209 Å². The van der Waals surface area contributed by atoms with E-state index in [1.165, 1.54) is 7.11 Å². The number of aliphatic hydroxyl groups is 1. The van der Waals surface area contributed by atoms with Gasteiger partial charge in [-0.05, 0) is 62.6 Å². The average molecular weight is 502 g/mol. The summed E-state index contributed by atoms with van der Waals surface area (Å²) in [6.07, 6.45) is -0.277. The third kappa shape index (κ3) is 5.95. The molecular formula is C26H31NO9. The topological polar surface area (TPSA) is 130 Å². The molecule has 1 aliphatic rings. The van der Waals surface area contributed by atoms with E-state index < -0.39 is 29.8 Å². The van der Waals surface area contributed by atoms with E-state index in [1.54, 1.807) is 56.3 Å². The van der Waals surface area contributed by atoms with Crippen LogP contribution in [0.1, 0.15) is 48.4 Å². The lowest BCUT2D eigenvalue weighted by molar-refractivity contribution is -0.202. The number of benzene rings is 2. The van der Waals surface area contributed by atoms with Crippen LogP contribution in [0.5, 0.6) is 11.5 Å². The van der Waals surface area contributed by atoms with E-state index >= 15 is 0 Å². The molecule has 0 aromatic heterocycles. The van der Waals surface area contributed by atoms with Gasteiger partial charge in [0.05, 0.1) is 32.0 Å². The van der Waals surface area contributed by atoms with Gasteiger partial charge in [-0.25, -0.2) is 14.4 Å². The van der Waals surface area contributed by atoms with Crippen LogP contribution >= 0.6 is 0 Å². The van der Waals surface area contributed by atoms with Crippen molar-refractivity contribution in [1.82, 2.24) is 5.32 Å². The lowest BCUT2D eigenvalue weighted by Crippen LogP contribution is -2.55. The second-order valence-corrected chi connectivity index (χ2v) is 8.19. The highest BCUT2D eigenvalue weighted by molar-refractivity contribution is 6.03. The minimum atomic E-state index is -2.33. The third-order valence-electron chi connectivity index (χ3n) is 5.50. The number of hydrogen-bond acceptors (Lipinski definition) is 10. The minimum absolute atomic E-state index is 0.0380. The molecule has 0 spiro atoms. The molecule has 0 amide bonds. The number of ether oxygens (including phenoxy) is 5. The SMILES string of the molecule is CCOC(=O)C1(C(=O)OCC)Oc2ccc(CC(C)NCC(O)c3cccc(C(=O)OC)c3)cc2O1. The number of hydrogen-bond donors (Lipinski definition) is 2. The van der Waals surface area contributed by atoms with E-state index in [4.69, 9.17) is 23.7 Å². The molecule has 2 aromatic carbocycles. The van der Waals surface area contributed by atoms with Gasteiger partial charge < -0.3 is 34.1 Å². The van der Waals surface area contributed by atoms with E-state index in [0.717, 1.165) is 5.56 Å². The standard InChI is InChI=1S/C26H31NO9/c1-5-33-24(30)26(25(31)34-6-2)35-21-11-10-17(13-22(21)36-26)12-16(3)27-15-20(28)18-8-7-9-19(14-18)23(29)32-4/h7-11,13-14,16,20,27-28H,5-6,12,15H2,1-4H3. The molecule has 2 aromatic rings.